The van der Waals surface area contributed by atoms with Crippen LogP contribution in [0.25, 0.3) is 0 Å². The van der Waals surface area contributed by atoms with Gasteiger partial charge in [0.15, 0.2) is 0 Å². The average Bonchev–Trinajstić information content (AvgIpc) is 2.67. The van der Waals surface area contributed by atoms with Gasteiger partial charge in [0.1, 0.15) is 5.82 Å². The summed E-state index contributed by atoms with van der Waals surface area (Å²) in [5, 5.41) is 5.16. The van der Waals surface area contributed by atoms with Crippen molar-refractivity contribution in [2.75, 3.05) is 12.3 Å². The Kier molecular flexibility index (Phi) is 2.95. The van der Waals surface area contributed by atoms with Gasteiger partial charge < -0.3 is 16.4 Å². The smallest absolute Gasteiger partial charge is 0.254 e. The van der Waals surface area contributed by atoms with Crippen LogP contribution in [0.5, 0.6) is 0 Å². The van der Waals surface area contributed by atoms with Gasteiger partial charge in [0.05, 0.1) is 11.6 Å². The Bertz CT molecular complexity index is 476. The van der Waals surface area contributed by atoms with E-state index >= 15 is 0 Å². The Morgan fingerprint density at radius 3 is 2.94 bits per heavy atom. The molecule has 1 unspecified atom stereocenters. The quantitative estimate of drug-likeness (QED) is 0.634. The summed E-state index contributed by atoms with van der Waals surface area (Å²) in [7, 11) is 0. The zero-order chi connectivity index (χ0) is 12.4. The van der Waals surface area contributed by atoms with Crippen LogP contribution < -0.4 is 16.4 Å². The first-order chi connectivity index (χ1) is 8.06. The third-order valence-electron chi connectivity index (χ3n) is 2.55. The van der Waals surface area contributed by atoms with Crippen molar-refractivity contribution in [1.82, 2.24) is 10.6 Å². The Morgan fingerprint density at radius 1 is 1.53 bits per heavy atom. The standard InChI is InChI=1S/C11H12FN3O2/c12-9-2-1-6(13)3-8(9)11(17)15-7-4-10(16)14-5-7/h1-3,7H,4-5,13H2,(H,14,16)(H,15,17). The molecular formula is C11H12FN3O2. The number of hydrogen-bond acceptors (Lipinski definition) is 3. The van der Waals surface area contributed by atoms with E-state index in [1.807, 2.05) is 0 Å². The molecule has 0 aromatic heterocycles. The van der Waals surface area contributed by atoms with Crippen LogP contribution in [0.4, 0.5) is 10.1 Å². The van der Waals surface area contributed by atoms with Gasteiger partial charge in [0.2, 0.25) is 5.91 Å². The van der Waals surface area contributed by atoms with Crippen molar-refractivity contribution >= 4 is 17.5 Å². The fourth-order valence-corrected chi connectivity index (χ4v) is 1.69. The van der Waals surface area contributed by atoms with E-state index < -0.39 is 11.7 Å². The molecule has 4 N–H and O–H groups in total. The molecule has 6 heteroatoms. The highest BCUT2D eigenvalue weighted by molar-refractivity contribution is 5.96. The predicted molar refractivity (Wildman–Crippen MR) is 59.7 cm³/mol. The van der Waals surface area contributed by atoms with E-state index in [-0.39, 0.29) is 23.9 Å². The lowest BCUT2D eigenvalue weighted by Gasteiger charge is -2.11. The second-order valence-corrected chi connectivity index (χ2v) is 3.92. The maximum Gasteiger partial charge on any atom is 0.254 e. The number of amides is 2. The number of nitrogens with two attached hydrogens (primary N) is 1. The number of nitrogen functional groups attached to an aromatic ring is 1. The largest absolute Gasteiger partial charge is 0.399 e. The molecule has 2 rings (SSSR count). The fraction of sp³-hybridized carbons (Fsp3) is 0.273. The maximum atomic E-state index is 13.4. The van der Waals surface area contributed by atoms with Gasteiger partial charge in [-0.3, -0.25) is 9.59 Å². The topological polar surface area (TPSA) is 84.2 Å². The zero-order valence-electron chi connectivity index (χ0n) is 9.00. The monoisotopic (exact) mass is 237 g/mol. The van der Waals surface area contributed by atoms with E-state index in [0.717, 1.165) is 6.07 Å². The maximum absolute atomic E-state index is 13.4. The highest BCUT2D eigenvalue weighted by Crippen LogP contribution is 2.12. The summed E-state index contributed by atoms with van der Waals surface area (Å²) in [4.78, 5) is 22.7. The summed E-state index contributed by atoms with van der Waals surface area (Å²) >= 11 is 0. The molecule has 1 atom stereocenters. The van der Waals surface area contributed by atoms with Crippen LogP contribution in [-0.2, 0) is 4.79 Å². The Morgan fingerprint density at radius 2 is 2.29 bits per heavy atom. The van der Waals surface area contributed by atoms with Crippen molar-refractivity contribution in [3.63, 3.8) is 0 Å². The minimum atomic E-state index is -0.631. The molecule has 0 bridgehead atoms. The number of benzene rings is 1. The lowest BCUT2D eigenvalue weighted by molar-refractivity contribution is -0.119. The van der Waals surface area contributed by atoms with E-state index in [1.54, 1.807) is 0 Å². The highest BCUT2D eigenvalue weighted by Gasteiger charge is 2.24. The molecule has 0 spiro atoms. The second-order valence-electron chi connectivity index (χ2n) is 3.92. The predicted octanol–water partition coefficient (Wildman–Crippen LogP) is 0.0262. The Hall–Kier alpha value is -2.11. The first kappa shape index (κ1) is 11.4. The van der Waals surface area contributed by atoms with Crippen molar-refractivity contribution in [2.45, 2.75) is 12.5 Å². The van der Waals surface area contributed by atoms with Gasteiger partial charge in [-0.15, -0.1) is 0 Å². The summed E-state index contributed by atoms with van der Waals surface area (Å²) in [6, 6.07) is 3.50. The summed E-state index contributed by atoms with van der Waals surface area (Å²) in [5.74, 6) is -1.31. The van der Waals surface area contributed by atoms with Crippen LogP contribution in [0.2, 0.25) is 0 Å². The molecule has 5 nitrogen and oxygen atoms in total. The van der Waals surface area contributed by atoms with Crippen molar-refractivity contribution in [3.8, 4) is 0 Å². The van der Waals surface area contributed by atoms with E-state index in [2.05, 4.69) is 10.6 Å². The third kappa shape index (κ3) is 2.52. The molecular weight excluding hydrogens is 225 g/mol. The minimum absolute atomic E-state index is 0.107. The molecule has 17 heavy (non-hydrogen) atoms. The summed E-state index contributed by atoms with van der Waals surface area (Å²) in [5.41, 5.74) is 5.69. The Balaban J connectivity index is 2.09. The van der Waals surface area contributed by atoms with Gasteiger partial charge in [-0.2, -0.15) is 0 Å². The molecule has 0 saturated carbocycles. The van der Waals surface area contributed by atoms with Gasteiger partial charge in [-0.05, 0) is 18.2 Å². The molecule has 1 aromatic rings. The highest BCUT2D eigenvalue weighted by atomic mass is 19.1. The first-order valence-corrected chi connectivity index (χ1v) is 5.19. The number of halogens is 1. The Labute approximate surface area is 97.2 Å². The van der Waals surface area contributed by atoms with Crippen LogP contribution in [0.15, 0.2) is 18.2 Å². The molecule has 1 aliphatic heterocycles. The molecule has 1 heterocycles. The summed E-state index contributed by atoms with van der Waals surface area (Å²) in [6.07, 6.45) is 0.218. The van der Waals surface area contributed by atoms with E-state index in [0.29, 0.717) is 12.2 Å². The van der Waals surface area contributed by atoms with Crippen LogP contribution in [0, 0.1) is 5.82 Å². The van der Waals surface area contributed by atoms with Gasteiger partial charge in [0.25, 0.3) is 5.91 Å². The molecule has 0 radical (unpaired) electrons. The number of carbonyl (C=O) groups is 2. The molecule has 2 amide bonds. The molecule has 1 aromatic carbocycles. The van der Waals surface area contributed by atoms with Crippen molar-refractivity contribution < 1.29 is 14.0 Å². The minimum Gasteiger partial charge on any atom is -0.399 e. The lowest BCUT2D eigenvalue weighted by Crippen LogP contribution is -2.36. The number of hydrogen-bond donors (Lipinski definition) is 3. The van der Waals surface area contributed by atoms with Crippen LogP contribution in [0.3, 0.4) is 0 Å². The number of anilines is 1. The molecule has 0 aliphatic carbocycles. The van der Waals surface area contributed by atoms with Gasteiger partial charge in [-0.25, -0.2) is 4.39 Å². The van der Waals surface area contributed by atoms with E-state index in [4.69, 9.17) is 5.73 Å². The zero-order valence-corrected chi connectivity index (χ0v) is 9.00. The molecule has 1 fully saturated rings. The first-order valence-electron chi connectivity index (χ1n) is 5.19. The van der Waals surface area contributed by atoms with Gasteiger partial charge in [0, 0.05) is 18.7 Å². The average molecular weight is 237 g/mol. The molecule has 1 saturated heterocycles. The van der Waals surface area contributed by atoms with Crippen LogP contribution in [0.1, 0.15) is 16.8 Å². The third-order valence-corrected chi connectivity index (χ3v) is 2.55. The summed E-state index contributed by atoms with van der Waals surface area (Å²) < 4.78 is 13.4. The van der Waals surface area contributed by atoms with E-state index in [9.17, 15) is 14.0 Å². The number of nitrogens with one attached hydrogen (secondary N) is 2. The lowest BCUT2D eigenvalue weighted by atomic mass is 10.1. The SMILES string of the molecule is Nc1ccc(F)c(C(=O)NC2CNC(=O)C2)c1. The van der Waals surface area contributed by atoms with Crippen LogP contribution >= 0.6 is 0 Å². The van der Waals surface area contributed by atoms with Gasteiger partial charge in [-0.1, -0.05) is 0 Å². The summed E-state index contributed by atoms with van der Waals surface area (Å²) in [6.45, 7) is 0.370. The normalized spacial score (nSPS) is 18.9. The van der Waals surface area contributed by atoms with Crippen molar-refractivity contribution in [2.24, 2.45) is 0 Å². The molecule has 90 valence electrons. The number of rotatable bonds is 2. The van der Waals surface area contributed by atoms with Crippen LogP contribution in [-0.4, -0.2) is 24.4 Å². The van der Waals surface area contributed by atoms with Crippen molar-refractivity contribution in [3.05, 3.63) is 29.6 Å². The number of carbonyl (C=O) groups excluding carboxylic acids is 2. The van der Waals surface area contributed by atoms with E-state index in [1.165, 1.54) is 12.1 Å². The molecule has 1 aliphatic rings. The fourth-order valence-electron chi connectivity index (χ4n) is 1.69. The van der Waals surface area contributed by atoms with Crippen molar-refractivity contribution in [1.29, 1.82) is 0 Å². The van der Waals surface area contributed by atoms with Gasteiger partial charge >= 0.3 is 0 Å². The second kappa shape index (κ2) is 4.40.